The monoisotopic (exact) mass is 378 g/mol. The summed E-state index contributed by atoms with van der Waals surface area (Å²) in [5, 5.41) is 0.539. The normalized spacial score (nSPS) is 18.4. The molecule has 4 rings (SSSR count). The fourth-order valence-corrected chi connectivity index (χ4v) is 4.96. The van der Waals surface area contributed by atoms with Gasteiger partial charge in [-0.05, 0) is 55.0 Å². The van der Waals surface area contributed by atoms with Gasteiger partial charge in [0.1, 0.15) is 6.10 Å². The lowest BCUT2D eigenvalue weighted by atomic mass is 9.92. The summed E-state index contributed by atoms with van der Waals surface area (Å²) in [6, 6.07) is 8.92. The van der Waals surface area contributed by atoms with Gasteiger partial charge in [0.05, 0.1) is 23.0 Å². The van der Waals surface area contributed by atoms with E-state index in [1.165, 1.54) is 28.0 Å². The highest BCUT2D eigenvalue weighted by atomic mass is 35.5. The van der Waals surface area contributed by atoms with Crippen LogP contribution in [-0.2, 0) is 22.9 Å². The van der Waals surface area contributed by atoms with Gasteiger partial charge in [-0.1, -0.05) is 17.7 Å². The zero-order valence-electron chi connectivity index (χ0n) is 13.7. The second kappa shape index (κ2) is 6.59. The number of rotatable bonds is 4. The molecule has 0 spiro atoms. The van der Waals surface area contributed by atoms with Gasteiger partial charge in [0.25, 0.3) is 0 Å². The summed E-state index contributed by atoms with van der Waals surface area (Å²) < 4.78 is 32.7. The van der Waals surface area contributed by atoms with Crippen molar-refractivity contribution in [1.82, 2.24) is 9.29 Å². The molecule has 2 heterocycles. The summed E-state index contributed by atoms with van der Waals surface area (Å²) in [5.41, 5.74) is 2.45. The average molecular weight is 379 g/mol. The van der Waals surface area contributed by atoms with E-state index in [9.17, 15) is 8.42 Å². The smallest absolute Gasteiger partial charge is 0.243 e. The topological polar surface area (TPSA) is 59.5 Å². The van der Waals surface area contributed by atoms with Gasteiger partial charge in [-0.3, -0.25) is 0 Å². The van der Waals surface area contributed by atoms with Crippen molar-refractivity contribution in [2.24, 2.45) is 0 Å². The van der Waals surface area contributed by atoms with Crippen LogP contribution in [0.1, 0.15) is 24.0 Å². The van der Waals surface area contributed by atoms with Crippen molar-refractivity contribution < 1.29 is 13.2 Å². The number of benzene rings is 1. The standard InChI is InChI=1S/C18H19ClN2O3S/c19-15-6-8-18(20-10-15)24-16-11-21(12-16)25(22,23)17-7-5-13-3-1-2-4-14(13)9-17/h5-10,16H,1-4,11-12H2. The minimum absolute atomic E-state index is 0.180. The lowest BCUT2D eigenvalue weighted by molar-refractivity contribution is 0.0721. The van der Waals surface area contributed by atoms with E-state index in [4.69, 9.17) is 16.3 Å². The van der Waals surface area contributed by atoms with Crippen molar-refractivity contribution >= 4 is 21.6 Å². The van der Waals surface area contributed by atoms with Gasteiger partial charge in [0.2, 0.25) is 15.9 Å². The molecule has 1 saturated heterocycles. The molecule has 0 saturated carbocycles. The molecule has 0 amide bonds. The Morgan fingerprint density at radius 2 is 1.84 bits per heavy atom. The second-order valence-electron chi connectivity index (χ2n) is 6.51. The fourth-order valence-electron chi connectivity index (χ4n) is 3.29. The predicted octanol–water partition coefficient (Wildman–Crippen LogP) is 3.07. The van der Waals surface area contributed by atoms with Crippen LogP contribution in [0.5, 0.6) is 5.88 Å². The number of nitrogens with zero attached hydrogens (tertiary/aromatic N) is 2. The van der Waals surface area contributed by atoms with Crippen LogP contribution in [0.15, 0.2) is 41.4 Å². The summed E-state index contributed by atoms with van der Waals surface area (Å²) in [7, 11) is -3.46. The Morgan fingerprint density at radius 3 is 2.56 bits per heavy atom. The summed E-state index contributed by atoms with van der Waals surface area (Å²) in [4.78, 5) is 4.46. The summed E-state index contributed by atoms with van der Waals surface area (Å²) >= 11 is 5.79. The van der Waals surface area contributed by atoms with Crippen LogP contribution in [0.25, 0.3) is 0 Å². The number of halogens is 1. The van der Waals surface area contributed by atoms with E-state index in [0.717, 1.165) is 19.3 Å². The van der Waals surface area contributed by atoms with Gasteiger partial charge in [0.15, 0.2) is 0 Å². The number of ether oxygens (including phenoxy) is 1. The number of aryl methyl sites for hydroxylation is 2. The highest BCUT2D eigenvalue weighted by molar-refractivity contribution is 7.89. The maximum absolute atomic E-state index is 12.8. The molecule has 1 aromatic carbocycles. The first-order valence-corrected chi connectivity index (χ1v) is 10.2. The van der Waals surface area contributed by atoms with Crippen LogP contribution in [0.4, 0.5) is 0 Å². The Hall–Kier alpha value is -1.63. The first-order valence-electron chi connectivity index (χ1n) is 8.42. The van der Waals surface area contributed by atoms with Crippen LogP contribution < -0.4 is 4.74 Å². The molecule has 0 unspecified atom stereocenters. The lowest BCUT2D eigenvalue weighted by Crippen LogP contribution is -2.56. The van der Waals surface area contributed by atoms with Crippen molar-refractivity contribution in [3.05, 3.63) is 52.7 Å². The van der Waals surface area contributed by atoms with Gasteiger partial charge in [-0.25, -0.2) is 13.4 Å². The minimum Gasteiger partial charge on any atom is -0.472 e. The average Bonchev–Trinajstić information content (AvgIpc) is 2.58. The number of hydrogen-bond acceptors (Lipinski definition) is 4. The van der Waals surface area contributed by atoms with Crippen LogP contribution in [0.2, 0.25) is 5.02 Å². The van der Waals surface area contributed by atoms with Gasteiger partial charge < -0.3 is 4.74 Å². The number of aromatic nitrogens is 1. The molecule has 2 aliphatic rings. The zero-order valence-corrected chi connectivity index (χ0v) is 15.3. The highest BCUT2D eigenvalue weighted by Gasteiger charge is 2.38. The molecule has 0 atom stereocenters. The van der Waals surface area contributed by atoms with Gasteiger partial charge in [0, 0.05) is 12.3 Å². The molecule has 7 heteroatoms. The molecule has 0 bridgehead atoms. The van der Waals surface area contributed by atoms with E-state index in [1.807, 2.05) is 12.1 Å². The van der Waals surface area contributed by atoms with E-state index >= 15 is 0 Å². The molecule has 132 valence electrons. The third-order valence-corrected chi connectivity index (χ3v) is 6.81. The minimum atomic E-state index is -3.46. The third-order valence-electron chi connectivity index (χ3n) is 4.76. The van der Waals surface area contributed by atoms with Crippen molar-refractivity contribution in [3.8, 4) is 5.88 Å². The number of pyridine rings is 1. The maximum Gasteiger partial charge on any atom is 0.243 e. The lowest BCUT2D eigenvalue weighted by Gasteiger charge is -2.37. The number of hydrogen-bond donors (Lipinski definition) is 0. The van der Waals surface area contributed by atoms with E-state index < -0.39 is 10.0 Å². The van der Waals surface area contributed by atoms with Crippen molar-refractivity contribution in [2.75, 3.05) is 13.1 Å². The quantitative estimate of drug-likeness (QED) is 0.820. The Bertz CT molecular complexity index is 878. The molecule has 1 fully saturated rings. The molecule has 2 aromatic rings. The zero-order chi connectivity index (χ0) is 17.4. The summed E-state index contributed by atoms with van der Waals surface area (Å²) in [6.45, 7) is 0.674. The summed E-state index contributed by atoms with van der Waals surface area (Å²) in [6.07, 6.45) is 5.65. The molecular weight excluding hydrogens is 360 g/mol. The molecule has 1 aliphatic heterocycles. The Balaban J connectivity index is 1.43. The molecule has 1 aliphatic carbocycles. The van der Waals surface area contributed by atoms with Gasteiger partial charge in [-0.2, -0.15) is 4.31 Å². The van der Waals surface area contributed by atoms with E-state index in [1.54, 1.807) is 18.2 Å². The van der Waals surface area contributed by atoms with Crippen LogP contribution in [0.3, 0.4) is 0 Å². The van der Waals surface area contributed by atoms with Crippen molar-refractivity contribution in [1.29, 1.82) is 0 Å². The Kier molecular flexibility index (Phi) is 4.43. The van der Waals surface area contributed by atoms with Crippen molar-refractivity contribution in [2.45, 2.75) is 36.7 Å². The molecule has 25 heavy (non-hydrogen) atoms. The SMILES string of the molecule is O=S(=O)(c1ccc2c(c1)CCCC2)N1CC(Oc2ccc(Cl)cn2)C1. The predicted molar refractivity (Wildman–Crippen MR) is 95.5 cm³/mol. The Labute approximate surface area is 152 Å². The van der Waals surface area contributed by atoms with Crippen LogP contribution in [0, 0.1) is 0 Å². The maximum atomic E-state index is 12.8. The van der Waals surface area contributed by atoms with Gasteiger partial charge in [-0.15, -0.1) is 0 Å². The largest absolute Gasteiger partial charge is 0.472 e. The molecule has 5 nitrogen and oxygen atoms in total. The number of fused-ring (bicyclic) bond motifs is 1. The van der Waals surface area contributed by atoms with Crippen LogP contribution in [-0.4, -0.2) is 36.9 Å². The molecule has 1 aromatic heterocycles. The van der Waals surface area contributed by atoms with E-state index in [-0.39, 0.29) is 6.10 Å². The number of sulfonamides is 1. The van der Waals surface area contributed by atoms with E-state index in [0.29, 0.717) is 28.9 Å². The van der Waals surface area contributed by atoms with Crippen LogP contribution >= 0.6 is 11.6 Å². The molecule has 0 N–H and O–H groups in total. The third kappa shape index (κ3) is 3.38. The first kappa shape index (κ1) is 16.8. The summed E-state index contributed by atoms with van der Waals surface area (Å²) in [5.74, 6) is 0.459. The molecular formula is C18H19ClN2O3S. The Morgan fingerprint density at radius 1 is 1.08 bits per heavy atom. The highest BCUT2D eigenvalue weighted by Crippen LogP contribution is 2.28. The molecule has 0 radical (unpaired) electrons. The fraction of sp³-hybridized carbons (Fsp3) is 0.389. The second-order valence-corrected chi connectivity index (χ2v) is 8.89. The van der Waals surface area contributed by atoms with Crippen molar-refractivity contribution in [3.63, 3.8) is 0 Å². The van der Waals surface area contributed by atoms with Gasteiger partial charge >= 0.3 is 0 Å². The first-order chi connectivity index (χ1) is 12.0. The van der Waals surface area contributed by atoms with E-state index in [2.05, 4.69) is 4.98 Å².